The minimum absolute atomic E-state index is 0.273. The van der Waals surface area contributed by atoms with Crippen LogP contribution in [0.1, 0.15) is 5.56 Å². The van der Waals surface area contributed by atoms with Gasteiger partial charge in [-0.15, -0.1) is 0 Å². The Kier molecular flexibility index (Phi) is 4.33. The molecule has 0 atom stereocenters. The van der Waals surface area contributed by atoms with E-state index in [0.29, 0.717) is 5.56 Å². The first kappa shape index (κ1) is 13.3. The second-order valence-corrected chi connectivity index (χ2v) is 3.24. The summed E-state index contributed by atoms with van der Waals surface area (Å²) >= 11 is 0. The molecule has 3 N–H and O–H groups in total. The Morgan fingerprint density at radius 1 is 1.29 bits per heavy atom. The minimum atomic E-state index is -4.45. The number of halogens is 3. The van der Waals surface area contributed by atoms with Crippen molar-refractivity contribution in [2.24, 2.45) is 0 Å². The number of amides is 2. The van der Waals surface area contributed by atoms with E-state index < -0.39 is 18.8 Å². The Bertz CT molecular complexity index is 393. The number of aliphatic hydroxyl groups is 1. The number of benzene rings is 1. The summed E-state index contributed by atoms with van der Waals surface area (Å²) in [5.41, 5.74) is 0.698. The molecule has 17 heavy (non-hydrogen) atoms. The van der Waals surface area contributed by atoms with E-state index in [-0.39, 0.29) is 12.3 Å². The normalized spacial score (nSPS) is 11.1. The number of para-hydroxylation sites is 1. The molecule has 94 valence electrons. The molecule has 0 spiro atoms. The predicted molar refractivity (Wildman–Crippen MR) is 55.4 cm³/mol. The Labute approximate surface area is 95.4 Å². The van der Waals surface area contributed by atoms with Gasteiger partial charge < -0.3 is 15.7 Å². The number of urea groups is 1. The van der Waals surface area contributed by atoms with Gasteiger partial charge in [0, 0.05) is 11.3 Å². The maximum absolute atomic E-state index is 11.8. The summed E-state index contributed by atoms with van der Waals surface area (Å²) in [7, 11) is 0. The average molecular weight is 248 g/mol. The van der Waals surface area contributed by atoms with E-state index in [4.69, 9.17) is 5.11 Å². The summed E-state index contributed by atoms with van der Waals surface area (Å²) in [4.78, 5) is 11.1. The number of anilines is 1. The summed E-state index contributed by atoms with van der Waals surface area (Å²) in [6, 6.07) is 5.31. The van der Waals surface area contributed by atoms with Gasteiger partial charge >= 0.3 is 12.2 Å². The molecule has 0 aliphatic heterocycles. The lowest BCUT2D eigenvalue weighted by Gasteiger charge is -2.11. The number of nitrogens with one attached hydrogen (secondary N) is 2. The first-order valence-corrected chi connectivity index (χ1v) is 4.73. The van der Waals surface area contributed by atoms with Crippen LogP contribution >= 0.6 is 0 Å². The van der Waals surface area contributed by atoms with E-state index in [1.165, 1.54) is 6.07 Å². The molecule has 0 unspecified atom stereocenters. The summed E-state index contributed by atoms with van der Waals surface area (Å²) < 4.78 is 35.5. The van der Waals surface area contributed by atoms with E-state index in [1.807, 2.05) is 0 Å². The van der Waals surface area contributed by atoms with E-state index in [2.05, 4.69) is 5.32 Å². The molecule has 0 bridgehead atoms. The summed E-state index contributed by atoms with van der Waals surface area (Å²) in [5, 5.41) is 12.8. The van der Waals surface area contributed by atoms with Crippen LogP contribution in [0.15, 0.2) is 24.3 Å². The zero-order chi connectivity index (χ0) is 12.9. The molecule has 0 aromatic heterocycles. The van der Waals surface area contributed by atoms with Crippen molar-refractivity contribution in [2.45, 2.75) is 12.8 Å². The quantitative estimate of drug-likeness (QED) is 0.764. The third-order valence-electron chi connectivity index (χ3n) is 1.89. The molecule has 1 rings (SSSR count). The van der Waals surface area contributed by atoms with Gasteiger partial charge in [-0.25, -0.2) is 4.79 Å². The zero-order valence-electron chi connectivity index (χ0n) is 8.71. The lowest BCUT2D eigenvalue weighted by molar-refractivity contribution is -0.122. The van der Waals surface area contributed by atoms with Crippen molar-refractivity contribution >= 4 is 11.7 Å². The van der Waals surface area contributed by atoms with Crippen molar-refractivity contribution < 1.29 is 23.1 Å². The topological polar surface area (TPSA) is 61.4 Å². The highest BCUT2D eigenvalue weighted by molar-refractivity contribution is 5.90. The molecule has 0 radical (unpaired) electrons. The first-order valence-electron chi connectivity index (χ1n) is 4.73. The molecule has 0 saturated carbocycles. The molecule has 4 nitrogen and oxygen atoms in total. The minimum Gasteiger partial charge on any atom is -0.392 e. The largest absolute Gasteiger partial charge is 0.405 e. The van der Waals surface area contributed by atoms with Crippen molar-refractivity contribution in [2.75, 3.05) is 11.9 Å². The van der Waals surface area contributed by atoms with Crippen molar-refractivity contribution in [3.63, 3.8) is 0 Å². The standard InChI is InChI=1S/C10H11F3N2O2/c11-10(12,13)6-14-9(17)15-8-4-2-1-3-7(8)5-16/h1-4,16H,5-6H2,(H2,14,15,17). The van der Waals surface area contributed by atoms with Gasteiger partial charge in [-0.2, -0.15) is 13.2 Å². The molecule has 0 heterocycles. The molecule has 0 aliphatic carbocycles. The molecular weight excluding hydrogens is 237 g/mol. The maximum atomic E-state index is 11.8. The van der Waals surface area contributed by atoms with E-state index in [0.717, 1.165) is 0 Å². The van der Waals surface area contributed by atoms with Gasteiger partial charge in [0.1, 0.15) is 6.54 Å². The Hall–Kier alpha value is -1.76. The van der Waals surface area contributed by atoms with Gasteiger partial charge in [-0.3, -0.25) is 0 Å². The fourth-order valence-electron chi connectivity index (χ4n) is 1.13. The van der Waals surface area contributed by atoms with Crippen molar-refractivity contribution in [1.82, 2.24) is 5.32 Å². The molecule has 2 amide bonds. The number of carbonyl (C=O) groups excluding carboxylic acids is 1. The highest BCUT2D eigenvalue weighted by Gasteiger charge is 2.27. The van der Waals surface area contributed by atoms with Crippen molar-refractivity contribution in [1.29, 1.82) is 0 Å². The maximum Gasteiger partial charge on any atom is 0.405 e. The van der Waals surface area contributed by atoms with Crippen molar-refractivity contribution in [3.05, 3.63) is 29.8 Å². The third kappa shape index (κ3) is 4.73. The molecular formula is C10H11F3N2O2. The van der Waals surface area contributed by atoms with Gasteiger partial charge in [0.25, 0.3) is 0 Å². The van der Waals surface area contributed by atoms with E-state index in [1.54, 1.807) is 23.5 Å². The Morgan fingerprint density at radius 3 is 2.53 bits per heavy atom. The van der Waals surface area contributed by atoms with Crippen LogP contribution in [0, 0.1) is 0 Å². The van der Waals surface area contributed by atoms with Crippen LogP contribution in [0.25, 0.3) is 0 Å². The number of aliphatic hydroxyl groups excluding tert-OH is 1. The summed E-state index contributed by atoms with van der Waals surface area (Å²) in [6.07, 6.45) is -4.45. The second kappa shape index (κ2) is 5.53. The fraction of sp³-hybridized carbons (Fsp3) is 0.300. The number of alkyl halides is 3. The highest BCUT2D eigenvalue weighted by Crippen LogP contribution is 2.15. The lowest BCUT2D eigenvalue weighted by Crippen LogP contribution is -2.36. The van der Waals surface area contributed by atoms with Crippen LogP contribution in [0.5, 0.6) is 0 Å². The van der Waals surface area contributed by atoms with Crippen LogP contribution in [-0.4, -0.2) is 23.9 Å². The van der Waals surface area contributed by atoms with Gasteiger partial charge in [0.15, 0.2) is 0 Å². The average Bonchev–Trinajstić information content (AvgIpc) is 2.26. The molecule has 7 heteroatoms. The fourth-order valence-corrected chi connectivity index (χ4v) is 1.13. The van der Waals surface area contributed by atoms with Gasteiger partial charge in [0.2, 0.25) is 0 Å². The number of hydrogen-bond acceptors (Lipinski definition) is 2. The van der Waals surface area contributed by atoms with E-state index >= 15 is 0 Å². The van der Waals surface area contributed by atoms with Crippen LogP contribution in [-0.2, 0) is 6.61 Å². The van der Waals surface area contributed by atoms with Crippen LogP contribution in [0.4, 0.5) is 23.7 Å². The summed E-state index contributed by atoms with van der Waals surface area (Å²) in [5.74, 6) is 0. The van der Waals surface area contributed by atoms with Crippen LogP contribution in [0.3, 0.4) is 0 Å². The van der Waals surface area contributed by atoms with Gasteiger partial charge in [0.05, 0.1) is 6.61 Å². The Balaban J connectivity index is 2.56. The molecule has 0 saturated heterocycles. The van der Waals surface area contributed by atoms with Crippen molar-refractivity contribution in [3.8, 4) is 0 Å². The first-order chi connectivity index (χ1) is 7.92. The predicted octanol–water partition coefficient (Wildman–Crippen LogP) is 1.86. The molecule has 0 fully saturated rings. The van der Waals surface area contributed by atoms with Gasteiger partial charge in [-0.1, -0.05) is 18.2 Å². The lowest BCUT2D eigenvalue weighted by atomic mass is 10.2. The van der Waals surface area contributed by atoms with Crippen LogP contribution < -0.4 is 10.6 Å². The number of carbonyl (C=O) groups is 1. The Morgan fingerprint density at radius 2 is 1.94 bits per heavy atom. The molecule has 1 aromatic rings. The van der Waals surface area contributed by atoms with Gasteiger partial charge in [-0.05, 0) is 6.07 Å². The molecule has 1 aromatic carbocycles. The highest BCUT2D eigenvalue weighted by atomic mass is 19.4. The summed E-state index contributed by atoms with van der Waals surface area (Å²) in [6.45, 7) is -1.71. The second-order valence-electron chi connectivity index (χ2n) is 3.24. The van der Waals surface area contributed by atoms with E-state index in [9.17, 15) is 18.0 Å². The third-order valence-corrected chi connectivity index (χ3v) is 1.89. The number of rotatable bonds is 3. The SMILES string of the molecule is O=C(NCC(F)(F)F)Nc1ccccc1CO. The number of hydrogen-bond donors (Lipinski definition) is 3. The van der Waals surface area contributed by atoms with Crippen LogP contribution in [0.2, 0.25) is 0 Å². The smallest absolute Gasteiger partial charge is 0.392 e. The zero-order valence-corrected chi connectivity index (χ0v) is 8.71. The monoisotopic (exact) mass is 248 g/mol. The molecule has 0 aliphatic rings.